The third-order valence-corrected chi connectivity index (χ3v) is 1.20. The van der Waals surface area contributed by atoms with Crippen LogP contribution in [-0.4, -0.2) is 7.05 Å². The smallest absolute Gasteiger partial charge is 0.149 e. The normalized spacial score (nSPS) is 7.64. The predicted molar refractivity (Wildman–Crippen MR) is 58.6 cm³/mol. The minimum atomic E-state index is -0.567. The van der Waals surface area contributed by atoms with Crippen LogP contribution in [0.5, 0.6) is 0 Å². The lowest BCUT2D eigenvalue weighted by Crippen LogP contribution is -1.92. The molecule has 82 valence electrons. The Morgan fingerprint density at radius 1 is 1.00 bits per heavy atom. The lowest BCUT2D eigenvalue weighted by molar-refractivity contribution is 0.585. The molecule has 0 aliphatic rings. The Morgan fingerprint density at radius 2 is 1.50 bits per heavy atom. The lowest BCUT2D eigenvalue weighted by Gasteiger charge is -1.99. The van der Waals surface area contributed by atoms with Crippen molar-refractivity contribution < 1.29 is 8.78 Å². The average Bonchev–Trinajstić information content (AvgIpc) is 2.24. The van der Waals surface area contributed by atoms with Crippen LogP contribution < -0.4 is 5.32 Å². The van der Waals surface area contributed by atoms with E-state index in [0.29, 0.717) is 5.69 Å². The largest absolute Gasteiger partial charge is 0.386 e. The molecule has 0 heterocycles. The molecule has 0 spiro atoms. The Bertz CT molecular complexity index is 237. The van der Waals surface area contributed by atoms with Gasteiger partial charge < -0.3 is 5.32 Å². The third-order valence-electron chi connectivity index (χ3n) is 1.20. The van der Waals surface area contributed by atoms with E-state index >= 15 is 0 Å². The fourth-order valence-corrected chi connectivity index (χ4v) is 0.692. The molecule has 0 unspecified atom stereocenters. The first kappa shape index (κ1) is 15.4. The number of benzene rings is 1. The van der Waals surface area contributed by atoms with Crippen LogP contribution >= 0.6 is 0 Å². The summed E-state index contributed by atoms with van der Waals surface area (Å²) in [6.45, 7) is 8.00. The molecule has 3 heteroatoms. The second-order valence-corrected chi connectivity index (χ2v) is 1.87. The SMILES string of the molecule is CC.CC.CNc1ccc(F)cc1F. The number of rotatable bonds is 1. The Balaban J connectivity index is 0. The maximum absolute atomic E-state index is 12.5. The number of anilines is 1. The molecule has 0 aliphatic carbocycles. The minimum absolute atomic E-state index is 0.307. The van der Waals surface area contributed by atoms with Gasteiger partial charge in [-0.15, -0.1) is 0 Å². The molecule has 1 N–H and O–H groups in total. The number of hydrogen-bond donors (Lipinski definition) is 1. The van der Waals surface area contributed by atoms with Crippen molar-refractivity contribution >= 4 is 5.69 Å². The predicted octanol–water partition coefficient (Wildman–Crippen LogP) is 4.06. The molecule has 0 aliphatic heterocycles. The van der Waals surface area contributed by atoms with Crippen LogP contribution in [0, 0.1) is 11.6 Å². The molecule has 0 fully saturated rings. The quantitative estimate of drug-likeness (QED) is 0.725. The van der Waals surface area contributed by atoms with E-state index in [1.165, 1.54) is 12.1 Å². The summed E-state index contributed by atoms with van der Waals surface area (Å²) in [7, 11) is 1.58. The summed E-state index contributed by atoms with van der Waals surface area (Å²) in [5.41, 5.74) is 0.307. The molecule has 0 amide bonds. The molecule has 1 aromatic rings. The van der Waals surface area contributed by atoms with Crippen LogP contribution in [0.15, 0.2) is 18.2 Å². The van der Waals surface area contributed by atoms with Gasteiger partial charge in [0.05, 0.1) is 5.69 Å². The van der Waals surface area contributed by atoms with Gasteiger partial charge in [-0.1, -0.05) is 27.7 Å². The highest BCUT2D eigenvalue weighted by molar-refractivity contribution is 5.43. The van der Waals surface area contributed by atoms with Crippen molar-refractivity contribution in [1.29, 1.82) is 0 Å². The Morgan fingerprint density at radius 3 is 1.86 bits per heavy atom. The zero-order chi connectivity index (χ0) is 11.6. The number of halogens is 2. The van der Waals surface area contributed by atoms with Crippen LogP contribution in [0.4, 0.5) is 14.5 Å². The molecule has 0 saturated heterocycles. The van der Waals surface area contributed by atoms with Crippen LogP contribution in [0.1, 0.15) is 27.7 Å². The van der Waals surface area contributed by atoms with E-state index in [2.05, 4.69) is 5.32 Å². The molecule has 0 bridgehead atoms. The molecular weight excluding hydrogens is 184 g/mol. The first-order valence-electron chi connectivity index (χ1n) is 4.87. The monoisotopic (exact) mass is 203 g/mol. The van der Waals surface area contributed by atoms with E-state index in [9.17, 15) is 8.78 Å². The lowest BCUT2D eigenvalue weighted by atomic mass is 10.3. The van der Waals surface area contributed by atoms with E-state index in [0.717, 1.165) is 6.07 Å². The highest BCUT2D eigenvalue weighted by Gasteiger charge is 1.99. The van der Waals surface area contributed by atoms with Gasteiger partial charge in [0.2, 0.25) is 0 Å². The third kappa shape index (κ3) is 5.51. The van der Waals surface area contributed by atoms with Crippen molar-refractivity contribution in [2.45, 2.75) is 27.7 Å². The topological polar surface area (TPSA) is 12.0 Å². The van der Waals surface area contributed by atoms with Crippen molar-refractivity contribution in [1.82, 2.24) is 0 Å². The van der Waals surface area contributed by atoms with Gasteiger partial charge in [-0.3, -0.25) is 0 Å². The summed E-state index contributed by atoms with van der Waals surface area (Å²) in [6, 6.07) is 3.39. The zero-order valence-electron chi connectivity index (χ0n) is 9.49. The molecule has 14 heavy (non-hydrogen) atoms. The summed E-state index contributed by atoms with van der Waals surface area (Å²) in [5.74, 6) is -1.13. The van der Waals surface area contributed by atoms with Gasteiger partial charge in [-0.25, -0.2) is 8.78 Å². The van der Waals surface area contributed by atoms with Crippen LogP contribution in [0.25, 0.3) is 0 Å². The highest BCUT2D eigenvalue weighted by atomic mass is 19.1. The fraction of sp³-hybridized carbons (Fsp3) is 0.455. The molecule has 0 radical (unpaired) electrons. The molecule has 0 saturated carbocycles. The summed E-state index contributed by atoms with van der Waals surface area (Å²) in [6.07, 6.45) is 0. The molecular formula is C11H19F2N. The standard InChI is InChI=1S/C7H7F2N.2C2H6/c1-10-7-3-2-5(8)4-6(7)9;2*1-2/h2-4,10H,1H3;2*1-2H3. The first-order chi connectivity index (χ1) is 6.74. The zero-order valence-corrected chi connectivity index (χ0v) is 9.49. The molecule has 1 nitrogen and oxygen atoms in total. The second-order valence-electron chi connectivity index (χ2n) is 1.87. The van der Waals surface area contributed by atoms with E-state index in [4.69, 9.17) is 0 Å². The van der Waals surface area contributed by atoms with E-state index < -0.39 is 11.6 Å². The van der Waals surface area contributed by atoms with Gasteiger partial charge in [-0.05, 0) is 12.1 Å². The summed E-state index contributed by atoms with van der Waals surface area (Å²) < 4.78 is 24.8. The Kier molecular flexibility index (Phi) is 10.9. The first-order valence-corrected chi connectivity index (χ1v) is 4.87. The Labute approximate surface area is 85.1 Å². The van der Waals surface area contributed by atoms with E-state index in [1.807, 2.05) is 27.7 Å². The van der Waals surface area contributed by atoms with Gasteiger partial charge in [-0.2, -0.15) is 0 Å². The highest BCUT2D eigenvalue weighted by Crippen LogP contribution is 2.13. The Hall–Kier alpha value is -1.12. The maximum atomic E-state index is 12.5. The van der Waals surface area contributed by atoms with Crippen LogP contribution in [-0.2, 0) is 0 Å². The van der Waals surface area contributed by atoms with Crippen LogP contribution in [0.3, 0.4) is 0 Å². The molecule has 0 aromatic heterocycles. The number of nitrogens with one attached hydrogen (secondary N) is 1. The average molecular weight is 203 g/mol. The van der Waals surface area contributed by atoms with Crippen molar-refractivity contribution in [3.05, 3.63) is 29.8 Å². The maximum Gasteiger partial charge on any atom is 0.149 e. The molecule has 0 atom stereocenters. The van der Waals surface area contributed by atoms with Gasteiger partial charge in [0, 0.05) is 13.1 Å². The van der Waals surface area contributed by atoms with Gasteiger partial charge in [0.15, 0.2) is 0 Å². The van der Waals surface area contributed by atoms with E-state index in [1.54, 1.807) is 7.05 Å². The second kappa shape index (κ2) is 9.96. The van der Waals surface area contributed by atoms with Gasteiger partial charge in [0.1, 0.15) is 11.6 Å². The minimum Gasteiger partial charge on any atom is -0.386 e. The van der Waals surface area contributed by atoms with Crippen LogP contribution in [0.2, 0.25) is 0 Å². The summed E-state index contributed by atoms with van der Waals surface area (Å²) in [4.78, 5) is 0. The van der Waals surface area contributed by atoms with Crippen molar-refractivity contribution in [2.75, 3.05) is 12.4 Å². The fourth-order valence-electron chi connectivity index (χ4n) is 0.692. The molecule has 1 rings (SSSR count). The van der Waals surface area contributed by atoms with Gasteiger partial charge >= 0.3 is 0 Å². The summed E-state index contributed by atoms with van der Waals surface area (Å²) >= 11 is 0. The molecule has 1 aromatic carbocycles. The van der Waals surface area contributed by atoms with Gasteiger partial charge in [0.25, 0.3) is 0 Å². The van der Waals surface area contributed by atoms with E-state index in [-0.39, 0.29) is 0 Å². The van der Waals surface area contributed by atoms with Crippen molar-refractivity contribution in [3.8, 4) is 0 Å². The number of hydrogen-bond acceptors (Lipinski definition) is 1. The van der Waals surface area contributed by atoms with Crippen molar-refractivity contribution in [3.63, 3.8) is 0 Å². The summed E-state index contributed by atoms with van der Waals surface area (Å²) in [5, 5.41) is 2.58. The van der Waals surface area contributed by atoms with Crippen molar-refractivity contribution in [2.24, 2.45) is 0 Å².